The Morgan fingerprint density at radius 2 is 1.11 bits per heavy atom. The number of hydrogen-bond donors (Lipinski definition) is 4. The first-order valence-corrected chi connectivity index (χ1v) is 11.7. The molecule has 14 nitrogen and oxygen atoms in total. The van der Waals surface area contributed by atoms with Crippen molar-refractivity contribution in [2.75, 3.05) is 14.2 Å². The minimum atomic E-state index is -4.58. The fraction of sp³-hybridized carbons (Fsp3) is 0.111. The van der Waals surface area contributed by atoms with Crippen molar-refractivity contribution in [1.29, 1.82) is 0 Å². The molecular weight excluding hydrogens is 519 g/mol. The molecule has 0 aliphatic carbocycles. The molecule has 35 heavy (non-hydrogen) atoms. The van der Waals surface area contributed by atoms with Crippen LogP contribution in [0.2, 0.25) is 0 Å². The van der Waals surface area contributed by atoms with Crippen LogP contribution in [0.1, 0.15) is 11.1 Å². The Morgan fingerprint density at radius 3 is 1.40 bits per heavy atom. The number of ether oxygens (including phenoxy) is 2. The summed E-state index contributed by atoms with van der Waals surface area (Å²) >= 11 is 0. The fourth-order valence-electron chi connectivity index (χ4n) is 2.38. The van der Waals surface area contributed by atoms with E-state index in [2.05, 4.69) is 10.2 Å². The molecule has 0 atom stereocenters. The molecule has 4 N–H and O–H groups in total. The van der Waals surface area contributed by atoms with Gasteiger partial charge in [0, 0.05) is 0 Å². The van der Waals surface area contributed by atoms with Crippen LogP contribution in [0.3, 0.4) is 0 Å². The van der Waals surface area contributed by atoms with Crippen molar-refractivity contribution in [3.63, 3.8) is 0 Å². The number of carbonyl (C=O) groups is 2. The molecule has 0 spiro atoms. The molecule has 2 amide bonds. The average molecular weight is 537 g/mol. The van der Waals surface area contributed by atoms with Crippen LogP contribution in [-0.2, 0) is 29.8 Å². The minimum Gasteiger partial charge on any atom is -0.495 e. The third-order valence-corrected chi connectivity index (χ3v) is 5.65. The molecule has 17 heteroatoms. The van der Waals surface area contributed by atoms with Gasteiger partial charge in [-0.3, -0.25) is 18.7 Å². The van der Waals surface area contributed by atoms with Gasteiger partial charge in [0.15, 0.2) is 0 Å². The first kappa shape index (κ1) is 30.2. The molecule has 0 fully saturated rings. The topological polar surface area (TPSA) is 210 Å². The average Bonchev–Trinajstić information content (AvgIpc) is 2.77. The molecular formula is C18H18N4NaO10S2+. The number of carbonyl (C=O) groups excluding carboxylic acids is 2. The summed E-state index contributed by atoms with van der Waals surface area (Å²) in [5.74, 6) is -2.68. The van der Waals surface area contributed by atoms with Gasteiger partial charge in [0.1, 0.15) is 21.3 Å². The van der Waals surface area contributed by atoms with Crippen LogP contribution in [0.4, 0.5) is 0 Å². The van der Waals surface area contributed by atoms with Crippen molar-refractivity contribution >= 4 is 44.5 Å². The van der Waals surface area contributed by atoms with Crippen LogP contribution in [0.5, 0.6) is 11.5 Å². The maximum absolute atomic E-state index is 11.8. The Kier molecular flexibility index (Phi) is 11.0. The van der Waals surface area contributed by atoms with Gasteiger partial charge in [0.2, 0.25) is 0 Å². The van der Waals surface area contributed by atoms with E-state index >= 15 is 0 Å². The summed E-state index contributed by atoms with van der Waals surface area (Å²) in [6.45, 7) is 0. The second-order valence-corrected chi connectivity index (χ2v) is 8.95. The SMILES string of the molecule is COc1ccc(/C=N/NC(=O)C(=O)N/N=C/c2ccc(OC)c(S(=O)(=O)O)c2)cc1S(=O)(=O)O.[Na+]. The van der Waals surface area contributed by atoms with E-state index in [9.17, 15) is 35.5 Å². The van der Waals surface area contributed by atoms with Gasteiger partial charge in [-0.2, -0.15) is 27.0 Å². The number of hydrazone groups is 2. The molecule has 182 valence electrons. The van der Waals surface area contributed by atoms with Crippen molar-refractivity contribution in [2.24, 2.45) is 10.2 Å². The Hall–Kier alpha value is -2.86. The number of benzene rings is 2. The van der Waals surface area contributed by atoms with Crippen molar-refractivity contribution in [1.82, 2.24) is 10.9 Å². The minimum absolute atomic E-state index is 0. The van der Waals surface area contributed by atoms with E-state index in [0.717, 1.165) is 24.6 Å². The largest absolute Gasteiger partial charge is 1.00 e. The van der Waals surface area contributed by atoms with E-state index in [-0.39, 0.29) is 52.2 Å². The second kappa shape index (κ2) is 12.7. The smallest absolute Gasteiger partial charge is 0.495 e. The third-order valence-electron chi connectivity index (χ3n) is 3.90. The molecule has 0 bridgehead atoms. The Labute approximate surface area is 222 Å². The van der Waals surface area contributed by atoms with E-state index < -0.39 is 41.8 Å². The normalized spacial score (nSPS) is 11.7. The summed E-state index contributed by atoms with van der Waals surface area (Å²) in [6, 6.07) is 7.32. The molecule has 0 radical (unpaired) electrons. The van der Waals surface area contributed by atoms with Gasteiger partial charge in [-0.15, -0.1) is 0 Å². The predicted octanol–water partition coefficient (Wildman–Crippen LogP) is -3.20. The third kappa shape index (κ3) is 8.70. The van der Waals surface area contributed by atoms with E-state index in [1.54, 1.807) is 0 Å². The van der Waals surface area contributed by atoms with Gasteiger partial charge in [-0.05, 0) is 47.5 Å². The number of nitrogens with zero attached hydrogens (tertiary/aromatic N) is 2. The van der Waals surface area contributed by atoms with Crippen molar-refractivity contribution in [3.05, 3.63) is 47.5 Å². The van der Waals surface area contributed by atoms with Gasteiger partial charge >= 0.3 is 41.4 Å². The molecule has 0 unspecified atom stereocenters. The summed E-state index contributed by atoms with van der Waals surface area (Å²) in [5, 5.41) is 7.00. The van der Waals surface area contributed by atoms with E-state index in [0.29, 0.717) is 0 Å². The molecule has 0 saturated heterocycles. The number of methoxy groups -OCH3 is 2. The maximum Gasteiger partial charge on any atom is 1.00 e. The molecule has 0 saturated carbocycles. The summed E-state index contributed by atoms with van der Waals surface area (Å²) in [5.41, 5.74) is 4.07. The van der Waals surface area contributed by atoms with Gasteiger partial charge in [0.05, 0.1) is 26.6 Å². The van der Waals surface area contributed by atoms with Gasteiger partial charge < -0.3 is 9.47 Å². The van der Waals surface area contributed by atoms with Gasteiger partial charge in [-0.1, -0.05) is 0 Å². The number of rotatable bonds is 8. The first-order valence-electron chi connectivity index (χ1n) is 8.84. The standard InChI is InChI=1S/C18H18N4O10S2.Na/c1-31-13-5-3-11(7-15(13)33(25,26)27)9-19-21-17(23)18(24)22-20-10-12-4-6-14(32-2)16(8-12)34(28,29)30;/h3-10H,1-2H3,(H,21,23)(H,22,24)(H,25,26,27)(H,28,29,30);/q;+1/b19-9+,20-10+;. The Morgan fingerprint density at radius 1 is 0.771 bits per heavy atom. The zero-order chi connectivity index (χ0) is 25.5. The van der Waals surface area contributed by atoms with Crippen molar-refractivity contribution in [2.45, 2.75) is 9.79 Å². The quantitative estimate of drug-likeness (QED) is 0.0871. The molecule has 2 aromatic rings. The van der Waals surface area contributed by atoms with Crippen LogP contribution >= 0.6 is 0 Å². The Balaban J connectivity index is 0.00000612. The summed E-state index contributed by atoms with van der Waals surface area (Å²) in [6.07, 6.45) is 2.02. The fourth-order valence-corrected chi connectivity index (χ4v) is 3.76. The van der Waals surface area contributed by atoms with Crippen LogP contribution < -0.4 is 49.9 Å². The second-order valence-electron chi connectivity index (χ2n) is 6.17. The number of amides is 2. The molecule has 0 aliphatic heterocycles. The summed E-state index contributed by atoms with van der Waals surface area (Å²) in [4.78, 5) is 22.5. The monoisotopic (exact) mass is 537 g/mol. The molecule has 2 rings (SSSR count). The van der Waals surface area contributed by atoms with Crippen LogP contribution in [0, 0.1) is 0 Å². The van der Waals surface area contributed by atoms with Gasteiger partial charge in [0.25, 0.3) is 20.2 Å². The van der Waals surface area contributed by atoms with Crippen LogP contribution in [-0.4, -0.2) is 64.4 Å². The zero-order valence-electron chi connectivity index (χ0n) is 18.5. The van der Waals surface area contributed by atoms with Crippen molar-refractivity contribution < 1.29 is 74.6 Å². The van der Waals surface area contributed by atoms with Crippen LogP contribution in [0.15, 0.2) is 56.4 Å². The molecule has 2 aromatic carbocycles. The van der Waals surface area contributed by atoms with Gasteiger partial charge in [-0.25, -0.2) is 10.9 Å². The first-order chi connectivity index (χ1) is 15.9. The Bertz CT molecular complexity index is 1270. The summed E-state index contributed by atoms with van der Waals surface area (Å²) in [7, 11) is -6.74. The maximum atomic E-state index is 11.8. The van der Waals surface area contributed by atoms with E-state index in [4.69, 9.17) is 9.47 Å². The zero-order valence-corrected chi connectivity index (χ0v) is 22.1. The van der Waals surface area contributed by atoms with Crippen LogP contribution in [0.25, 0.3) is 0 Å². The summed E-state index contributed by atoms with van der Waals surface area (Å²) < 4.78 is 73.7. The number of hydrogen-bond acceptors (Lipinski definition) is 10. The predicted molar refractivity (Wildman–Crippen MR) is 117 cm³/mol. The molecule has 0 heterocycles. The molecule has 0 aromatic heterocycles. The van der Waals surface area contributed by atoms with Crippen molar-refractivity contribution in [3.8, 4) is 11.5 Å². The number of nitrogens with one attached hydrogen (secondary N) is 2. The molecule has 0 aliphatic rings. The van der Waals surface area contributed by atoms with E-state index in [1.807, 2.05) is 10.9 Å². The van der Waals surface area contributed by atoms with E-state index in [1.165, 1.54) is 38.5 Å².